The van der Waals surface area contributed by atoms with E-state index in [1.807, 2.05) is 50.4 Å². The highest BCUT2D eigenvalue weighted by Gasteiger charge is 2.09. The second-order valence-corrected chi connectivity index (χ2v) is 5.86. The van der Waals surface area contributed by atoms with Gasteiger partial charge in [-0.15, -0.1) is 0 Å². The lowest BCUT2D eigenvalue weighted by Crippen LogP contribution is -2.17. The number of hydrogen-bond donors (Lipinski definition) is 1. The van der Waals surface area contributed by atoms with Crippen LogP contribution in [0, 0.1) is 6.92 Å². The molecule has 0 radical (unpaired) electrons. The molecule has 0 saturated heterocycles. The van der Waals surface area contributed by atoms with Gasteiger partial charge in [-0.3, -0.25) is 4.98 Å². The average molecular weight is 335 g/mol. The van der Waals surface area contributed by atoms with Gasteiger partial charge in [0.2, 0.25) is 0 Å². The molecule has 1 N–H and O–H groups in total. The summed E-state index contributed by atoms with van der Waals surface area (Å²) in [6, 6.07) is 12.0. The maximum absolute atomic E-state index is 9.65. The van der Waals surface area contributed by atoms with Gasteiger partial charge in [0.05, 0.1) is 18.3 Å². The minimum atomic E-state index is -0.470. The van der Waals surface area contributed by atoms with E-state index in [9.17, 15) is 5.11 Å². The van der Waals surface area contributed by atoms with Crippen molar-refractivity contribution in [2.75, 3.05) is 11.9 Å². The molecule has 106 valence electrons. The van der Waals surface area contributed by atoms with Gasteiger partial charge in [-0.25, -0.2) is 0 Å². The number of nitrogens with zero attached hydrogens (tertiary/aromatic N) is 2. The van der Waals surface area contributed by atoms with E-state index in [0.29, 0.717) is 0 Å². The fraction of sp³-hybridized carbons (Fsp3) is 0.312. The number of hydrogen-bond acceptors (Lipinski definition) is 3. The van der Waals surface area contributed by atoms with Crippen LogP contribution >= 0.6 is 15.9 Å². The van der Waals surface area contributed by atoms with E-state index >= 15 is 0 Å². The predicted octanol–water partition coefficient (Wildman–Crippen LogP) is 3.84. The third-order valence-corrected chi connectivity index (χ3v) is 3.91. The minimum Gasteiger partial charge on any atom is -0.389 e. The van der Waals surface area contributed by atoms with Crippen LogP contribution in [0.1, 0.15) is 30.0 Å². The van der Waals surface area contributed by atoms with Crippen molar-refractivity contribution in [2.45, 2.75) is 26.5 Å². The number of aliphatic hydroxyl groups is 1. The molecular weight excluding hydrogens is 316 g/mol. The number of anilines is 1. The van der Waals surface area contributed by atoms with Gasteiger partial charge in [-0.05, 0) is 43.7 Å². The van der Waals surface area contributed by atoms with E-state index < -0.39 is 6.10 Å². The fourth-order valence-electron chi connectivity index (χ4n) is 2.11. The predicted molar refractivity (Wildman–Crippen MR) is 85.9 cm³/mol. The summed E-state index contributed by atoms with van der Waals surface area (Å²) in [5, 5.41) is 9.65. The fourth-order valence-corrected chi connectivity index (χ4v) is 2.81. The molecule has 0 aliphatic rings. The first-order valence-corrected chi connectivity index (χ1v) is 7.38. The van der Waals surface area contributed by atoms with Crippen LogP contribution in [0.2, 0.25) is 0 Å². The first-order chi connectivity index (χ1) is 9.47. The van der Waals surface area contributed by atoms with Gasteiger partial charge in [0, 0.05) is 22.9 Å². The van der Waals surface area contributed by atoms with Crippen LogP contribution in [0.5, 0.6) is 0 Å². The smallest absolute Gasteiger partial charge is 0.0772 e. The second kappa shape index (κ2) is 6.37. The molecule has 0 spiro atoms. The largest absolute Gasteiger partial charge is 0.389 e. The van der Waals surface area contributed by atoms with Gasteiger partial charge in [-0.2, -0.15) is 0 Å². The maximum atomic E-state index is 9.65. The summed E-state index contributed by atoms with van der Waals surface area (Å²) in [5.74, 6) is 0. The highest BCUT2D eigenvalue weighted by Crippen LogP contribution is 2.28. The normalized spacial score (nSPS) is 12.2. The van der Waals surface area contributed by atoms with Gasteiger partial charge >= 0.3 is 0 Å². The van der Waals surface area contributed by atoms with E-state index in [4.69, 9.17) is 0 Å². The Morgan fingerprint density at radius 3 is 2.65 bits per heavy atom. The Balaban J connectivity index is 2.17. The van der Waals surface area contributed by atoms with Crippen molar-refractivity contribution in [3.05, 3.63) is 57.8 Å². The Kier molecular flexibility index (Phi) is 4.78. The van der Waals surface area contributed by atoms with Crippen LogP contribution in [0.25, 0.3) is 0 Å². The molecule has 0 fully saturated rings. The van der Waals surface area contributed by atoms with Gasteiger partial charge in [0.15, 0.2) is 0 Å². The summed E-state index contributed by atoms with van der Waals surface area (Å²) in [6.45, 7) is 4.51. The van der Waals surface area contributed by atoms with Gasteiger partial charge < -0.3 is 10.0 Å². The van der Waals surface area contributed by atoms with Crippen molar-refractivity contribution in [1.29, 1.82) is 0 Å². The Hall–Kier alpha value is -1.39. The number of halogens is 1. The summed E-state index contributed by atoms with van der Waals surface area (Å²) in [4.78, 5) is 6.65. The Morgan fingerprint density at radius 1 is 1.30 bits per heavy atom. The third kappa shape index (κ3) is 3.58. The lowest BCUT2D eigenvalue weighted by atomic mass is 10.1. The third-order valence-electron chi connectivity index (χ3n) is 3.22. The minimum absolute atomic E-state index is 0.470. The van der Waals surface area contributed by atoms with Crippen LogP contribution in [0.15, 0.2) is 40.9 Å². The molecule has 0 aliphatic heterocycles. The summed E-state index contributed by atoms with van der Waals surface area (Å²) in [5.41, 5.74) is 4.06. The molecule has 1 atom stereocenters. The molecule has 2 aromatic rings. The summed E-state index contributed by atoms with van der Waals surface area (Å²) in [6.07, 6.45) is -0.470. The van der Waals surface area contributed by atoms with Crippen molar-refractivity contribution in [1.82, 2.24) is 4.98 Å². The number of benzene rings is 1. The molecule has 3 nitrogen and oxygen atoms in total. The van der Waals surface area contributed by atoms with Crippen molar-refractivity contribution in [2.24, 2.45) is 0 Å². The second-order valence-electron chi connectivity index (χ2n) is 5.01. The number of aromatic nitrogens is 1. The number of aliphatic hydroxyl groups excluding tert-OH is 1. The molecule has 1 unspecified atom stereocenters. The van der Waals surface area contributed by atoms with E-state index in [-0.39, 0.29) is 0 Å². The van der Waals surface area contributed by atoms with Crippen molar-refractivity contribution >= 4 is 21.6 Å². The van der Waals surface area contributed by atoms with E-state index in [1.54, 1.807) is 6.92 Å². The van der Waals surface area contributed by atoms with E-state index in [2.05, 4.69) is 25.8 Å². The Morgan fingerprint density at radius 2 is 2.05 bits per heavy atom. The van der Waals surface area contributed by atoms with Gasteiger partial charge in [0.25, 0.3) is 0 Å². The SMILES string of the molecule is Cc1cccc(CN(C)c2ccc(C(C)O)c(Br)c2)n1. The first kappa shape index (κ1) is 15.0. The zero-order valence-corrected chi connectivity index (χ0v) is 13.6. The highest BCUT2D eigenvalue weighted by atomic mass is 79.9. The van der Waals surface area contributed by atoms with Crippen LogP contribution < -0.4 is 4.90 Å². The molecule has 1 aromatic heterocycles. The quantitative estimate of drug-likeness (QED) is 0.922. The molecule has 0 bridgehead atoms. The lowest BCUT2D eigenvalue weighted by molar-refractivity contribution is 0.198. The van der Waals surface area contributed by atoms with Crippen LogP contribution in [-0.2, 0) is 6.54 Å². The van der Waals surface area contributed by atoms with E-state index in [0.717, 1.165) is 33.7 Å². The molecule has 20 heavy (non-hydrogen) atoms. The van der Waals surface area contributed by atoms with Crippen LogP contribution in [0.4, 0.5) is 5.69 Å². The average Bonchev–Trinajstić information content (AvgIpc) is 2.38. The van der Waals surface area contributed by atoms with Crippen molar-refractivity contribution < 1.29 is 5.11 Å². The maximum Gasteiger partial charge on any atom is 0.0772 e. The van der Waals surface area contributed by atoms with Gasteiger partial charge in [-0.1, -0.05) is 28.1 Å². The molecular formula is C16H19BrN2O. The van der Waals surface area contributed by atoms with E-state index in [1.165, 1.54) is 0 Å². The number of aryl methyl sites for hydroxylation is 1. The Labute approximate surface area is 128 Å². The summed E-state index contributed by atoms with van der Waals surface area (Å²) in [7, 11) is 2.04. The van der Waals surface area contributed by atoms with Crippen molar-refractivity contribution in [3.8, 4) is 0 Å². The highest BCUT2D eigenvalue weighted by molar-refractivity contribution is 9.10. The number of pyridine rings is 1. The van der Waals surface area contributed by atoms with Crippen molar-refractivity contribution in [3.63, 3.8) is 0 Å². The zero-order valence-electron chi connectivity index (χ0n) is 12.0. The summed E-state index contributed by atoms with van der Waals surface area (Å²) < 4.78 is 0.925. The molecule has 0 saturated carbocycles. The zero-order chi connectivity index (χ0) is 14.7. The lowest BCUT2D eigenvalue weighted by Gasteiger charge is -2.20. The topological polar surface area (TPSA) is 36.4 Å². The summed E-state index contributed by atoms with van der Waals surface area (Å²) >= 11 is 3.51. The molecule has 0 amide bonds. The molecule has 0 aliphatic carbocycles. The number of rotatable bonds is 4. The molecule has 1 aromatic carbocycles. The molecule has 4 heteroatoms. The molecule has 1 heterocycles. The first-order valence-electron chi connectivity index (χ1n) is 6.58. The van der Waals surface area contributed by atoms with Crippen LogP contribution in [0.3, 0.4) is 0 Å². The monoisotopic (exact) mass is 334 g/mol. The Bertz CT molecular complexity index is 599. The van der Waals surface area contributed by atoms with Crippen LogP contribution in [-0.4, -0.2) is 17.1 Å². The standard InChI is InChI=1S/C16H19BrN2O/c1-11-5-4-6-13(18-11)10-19(3)14-7-8-15(12(2)20)16(17)9-14/h4-9,12,20H,10H2,1-3H3. The molecule has 2 rings (SSSR count). The van der Waals surface area contributed by atoms with Gasteiger partial charge in [0.1, 0.15) is 0 Å².